The largest absolute Gasteiger partial charge is 0.494 e. The number of rotatable bonds is 3. The van der Waals surface area contributed by atoms with Gasteiger partial charge in [0, 0.05) is 12.3 Å². The van der Waals surface area contributed by atoms with Crippen LogP contribution in [0.3, 0.4) is 0 Å². The number of amides is 1. The van der Waals surface area contributed by atoms with Gasteiger partial charge in [-0.3, -0.25) is 4.79 Å². The van der Waals surface area contributed by atoms with Gasteiger partial charge in [-0.1, -0.05) is 12.1 Å². The minimum absolute atomic E-state index is 0.124. The maximum Gasteiger partial charge on any atom is 0.494 e. The van der Waals surface area contributed by atoms with Crippen LogP contribution in [0.25, 0.3) is 0 Å². The highest BCUT2D eigenvalue weighted by molar-refractivity contribution is 6.62. The van der Waals surface area contributed by atoms with E-state index in [1.807, 2.05) is 52.8 Å². The Morgan fingerprint density at radius 1 is 1.09 bits per heavy atom. The lowest BCUT2D eigenvalue weighted by molar-refractivity contribution is -0.0406. The van der Waals surface area contributed by atoms with Crippen LogP contribution in [0.1, 0.15) is 69.2 Å². The summed E-state index contributed by atoms with van der Waals surface area (Å²) in [6, 6.07) is 5.99. The molecule has 8 nitrogen and oxygen atoms in total. The maximum atomic E-state index is 13.7. The number of aryl methyl sites for hydroxylation is 1. The highest BCUT2D eigenvalue weighted by Gasteiger charge is 2.51. The van der Waals surface area contributed by atoms with E-state index in [0.29, 0.717) is 31.2 Å². The van der Waals surface area contributed by atoms with Crippen LogP contribution in [-0.2, 0) is 14.0 Å². The van der Waals surface area contributed by atoms with Crippen LogP contribution < -0.4 is 15.1 Å². The van der Waals surface area contributed by atoms with Crippen molar-refractivity contribution in [1.29, 1.82) is 0 Å². The van der Waals surface area contributed by atoms with E-state index in [2.05, 4.69) is 5.10 Å². The van der Waals surface area contributed by atoms with E-state index < -0.39 is 18.3 Å². The van der Waals surface area contributed by atoms with Crippen molar-refractivity contribution in [3.63, 3.8) is 0 Å². The summed E-state index contributed by atoms with van der Waals surface area (Å²) in [5.74, 6) is 0.392. The van der Waals surface area contributed by atoms with E-state index >= 15 is 0 Å². The van der Waals surface area contributed by atoms with E-state index in [-0.39, 0.29) is 12.1 Å². The second-order valence-electron chi connectivity index (χ2n) is 10.1. The van der Waals surface area contributed by atoms with Gasteiger partial charge in [0.1, 0.15) is 6.61 Å². The number of carbonyl (C=O) groups is 1. The first-order valence-electron chi connectivity index (χ1n) is 11.8. The summed E-state index contributed by atoms with van der Waals surface area (Å²) in [6.45, 7) is 11.7. The van der Waals surface area contributed by atoms with Crippen LogP contribution >= 0.6 is 0 Å². The Morgan fingerprint density at radius 2 is 1.85 bits per heavy atom. The zero-order chi connectivity index (χ0) is 23.4. The lowest BCUT2D eigenvalue weighted by Gasteiger charge is -2.32. The summed E-state index contributed by atoms with van der Waals surface area (Å²) in [6.07, 6.45) is 4.32. The third kappa shape index (κ3) is 3.86. The van der Waals surface area contributed by atoms with Gasteiger partial charge in [-0.05, 0) is 71.0 Å². The van der Waals surface area contributed by atoms with Gasteiger partial charge in [0.15, 0.2) is 17.7 Å². The van der Waals surface area contributed by atoms with Crippen LogP contribution in [0.2, 0.25) is 0 Å². The van der Waals surface area contributed by atoms with Crippen LogP contribution in [0.5, 0.6) is 5.75 Å². The quantitative estimate of drug-likeness (QED) is 0.665. The van der Waals surface area contributed by atoms with E-state index in [9.17, 15) is 4.79 Å². The molecule has 5 rings (SSSR count). The Balaban J connectivity index is 1.43. The molecule has 176 valence electrons. The molecule has 0 spiro atoms. The molecule has 1 aromatic heterocycles. The maximum absolute atomic E-state index is 13.7. The number of hydrogen-bond donors (Lipinski definition) is 0. The molecular weight excluding hydrogens is 421 g/mol. The molecule has 0 N–H and O–H groups in total. The molecule has 9 heteroatoms. The molecule has 2 saturated heterocycles. The number of nitrogens with zero attached hydrogens (tertiary/aromatic N) is 3. The Labute approximate surface area is 195 Å². The SMILES string of the molecule is Cc1cc(B2OC(C)(C)C(C)(C)O2)ccc1N1CCOc2cnn(C3CCCCO3)c2C1=O. The Morgan fingerprint density at radius 3 is 2.52 bits per heavy atom. The average molecular weight is 453 g/mol. The molecule has 0 saturated carbocycles. The zero-order valence-corrected chi connectivity index (χ0v) is 20.1. The Bertz CT molecular complexity index is 1040. The number of ether oxygens (including phenoxy) is 2. The second-order valence-corrected chi connectivity index (χ2v) is 10.1. The van der Waals surface area contributed by atoms with E-state index in [1.54, 1.807) is 15.8 Å². The van der Waals surface area contributed by atoms with Crippen LogP contribution in [0, 0.1) is 6.92 Å². The first-order chi connectivity index (χ1) is 15.7. The van der Waals surface area contributed by atoms with Crippen molar-refractivity contribution in [2.24, 2.45) is 0 Å². The molecule has 0 radical (unpaired) electrons. The Kier molecular flexibility index (Phi) is 5.54. The van der Waals surface area contributed by atoms with Gasteiger partial charge in [0.2, 0.25) is 0 Å². The normalized spacial score (nSPS) is 24.4. The molecule has 0 bridgehead atoms. The van der Waals surface area contributed by atoms with Crippen LogP contribution in [-0.4, -0.2) is 53.8 Å². The highest BCUT2D eigenvalue weighted by Crippen LogP contribution is 2.37. The molecule has 2 fully saturated rings. The molecule has 3 aliphatic heterocycles. The summed E-state index contributed by atoms with van der Waals surface area (Å²) in [5, 5.41) is 4.44. The standard InChI is InChI=1S/C24H32BN3O5/c1-16-14-17(25-32-23(2,3)24(4,5)33-25)9-10-18(16)27-11-13-30-19-15-26-28(21(19)22(27)29)20-8-6-7-12-31-20/h9-10,14-15,20H,6-8,11-13H2,1-5H3. The molecule has 33 heavy (non-hydrogen) atoms. The highest BCUT2D eigenvalue weighted by atomic mass is 16.7. The van der Waals surface area contributed by atoms with Gasteiger partial charge >= 0.3 is 7.12 Å². The van der Waals surface area contributed by atoms with E-state index in [0.717, 1.165) is 36.0 Å². The predicted molar refractivity (Wildman–Crippen MR) is 125 cm³/mol. The molecule has 2 aromatic rings. The van der Waals surface area contributed by atoms with Gasteiger partial charge in [0.25, 0.3) is 5.91 Å². The molecule has 1 aromatic carbocycles. The van der Waals surface area contributed by atoms with Crippen molar-refractivity contribution in [3.05, 3.63) is 35.7 Å². The molecule has 0 aliphatic carbocycles. The Hall–Kier alpha value is -2.36. The van der Waals surface area contributed by atoms with Gasteiger partial charge in [-0.25, -0.2) is 4.68 Å². The molecule has 1 unspecified atom stereocenters. The lowest BCUT2D eigenvalue weighted by Crippen LogP contribution is -2.41. The van der Waals surface area contributed by atoms with Gasteiger partial charge in [0.05, 0.1) is 23.9 Å². The van der Waals surface area contributed by atoms with Gasteiger partial charge < -0.3 is 23.7 Å². The fourth-order valence-electron chi connectivity index (χ4n) is 4.60. The number of fused-ring (bicyclic) bond motifs is 1. The number of hydrogen-bond acceptors (Lipinski definition) is 6. The average Bonchev–Trinajstić information content (AvgIpc) is 3.24. The lowest BCUT2D eigenvalue weighted by atomic mass is 9.78. The van der Waals surface area contributed by atoms with Crippen molar-refractivity contribution >= 4 is 24.2 Å². The first kappa shape index (κ1) is 22.4. The van der Waals surface area contributed by atoms with Crippen molar-refractivity contribution in [2.75, 3.05) is 24.7 Å². The zero-order valence-electron chi connectivity index (χ0n) is 20.1. The second kappa shape index (κ2) is 8.15. The first-order valence-corrected chi connectivity index (χ1v) is 11.8. The van der Waals surface area contributed by atoms with Gasteiger partial charge in [-0.2, -0.15) is 5.10 Å². The topological polar surface area (TPSA) is 75.1 Å². The minimum Gasteiger partial charge on any atom is -0.488 e. The number of aromatic nitrogens is 2. The molecule has 1 atom stereocenters. The third-order valence-corrected chi connectivity index (χ3v) is 7.25. The number of benzene rings is 1. The molecular formula is C24H32BN3O5. The van der Waals surface area contributed by atoms with Crippen LogP contribution in [0.15, 0.2) is 24.4 Å². The number of carbonyl (C=O) groups excluding carboxylic acids is 1. The smallest absolute Gasteiger partial charge is 0.488 e. The van der Waals surface area contributed by atoms with Crippen LogP contribution in [0.4, 0.5) is 5.69 Å². The van der Waals surface area contributed by atoms with Crippen molar-refractivity contribution < 1.29 is 23.6 Å². The fourth-order valence-corrected chi connectivity index (χ4v) is 4.60. The summed E-state index contributed by atoms with van der Waals surface area (Å²) >= 11 is 0. The molecule has 1 amide bonds. The molecule has 4 heterocycles. The van der Waals surface area contributed by atoms with E-state index in [1.165, 1.54) is 0 Å². The van der Waals surface area contributed by atoms with Crippen molar-refractivity contribution in [2.45, 2.75) is 71.3 Å². The van der Waals surface area contributed by atoms with E-state index in [4.69, 9.17) is 18.8 Å². The molecule has 3 aliphatic rings. The minimum atomic E-state index is -0.442. The summed E-state index contributed by atoms with van der Waals surface area (Å²) in [4.78, 5) is 15.5. The third-order valence-electron chi connectivity index (χ3n) is 7.25. The summed E-state index contributed by atoms with van der Waals surface area (Å²) in [5.41, 5.74) is 2.40. The monoisotopic (exact) mass is 453 g/mol. The summed E-state index contributed by atoms with van der Waals surface area (Å²) in [7, 11) is -0.442. The number of anilines is 1. The summed E-state index contributed by atoms with van der Waals surface area (Å²) < 4.78 is 25.9. The van der Waals surface area contributed by atoms with Crippen molar-refractivity contribution in [3.8, 4) is 5.75 Å². The fraction of sp³-hybridized carbons (Fsp3) is 0.583. The predicted octanol–water partition coefficient (Wildman–Crippen LogP) is 3.23. The van der Waals surface area contributed by atoms with Crippen molar-refractivity contribution in [1.82, 2.24) is 9.78 Å². The van der Waals surface area contributed by atoms with Gasteiger partial charge in [-0.15, -0.1) is 0 Å².